The van der Waals surface area contributed by atoms with Crippen LogP contribution in [0.5, 0.6) is 0 Å². The van der Waals surface area contributed by atoms with Crippen molar-refractivity contribution in [3.05, 3.63) is 11.9 Å². The lowest BCUT2D eigenvalue weighted by Crippen LogP contribution is -2.29. The lowest BCUT2D eigenvalue weighted by atomic mass is 10.1. The van der Waals surface area contributed by atoms with E-state index in [1.807, 2.05) is 13.0 Å². The topological polar surface area (TPSA) is 70.1 Å². The molecule has 0 bridgehead atoms. The number of aromatic nitrogens is 2. The van der Waals surface area contributed by atoms with Crippen LogP contribution >= 0.6 is 0 Å². The Labute approximate surface area is 109 Å². The van der Waals surface area contributed by atoms with E-state index in [9.17, 15) is 5.11 Å². The van der Waals surface area contributed by atoms with Gasteiger partial charge in [0.15, 0.2) is 0 Å². The largest absolute Gasteiger partial charge is 0.389 e. The van der Waals surface area contributed by atoms with E-state index in [0.717, 1.165) is 36.8 Å². The highest BCUT2D eigenvalue weighted by molar-refractivity contribution is 5.47. The Balaban J connectivity index is 2.76. The summed E-state index contributed by atoms with van der Waals surface area (Å²) in [6.45, 7) is 9.02. The van der Waals surface area contributed by atoms with Gasteiger partial charge in [0.05, 0.1) is 5.60 Å². The van der Waals surface area contributed by atoms with Crippen molar-refractivity contribution in [2.24, 2.45) is 0 Å². The van der Waals surface area contributed by atoms with E-state index in [-0.39, 0.29) is 0 Å². The van der Waals surface area contributed by atoms with Crippen molar-refractivity contribution in [1.82, 2.24) is 9.97 Å². The van der Waals surface area contributed by atoms with Crippen molar-refractivity contribution in [2.45, 2.75) is 46.1 Å². The molecule has 18 heavy (non-hydrogen) atoms. The minimum absolute atomic E-state index is 0.459. The zero-order valence-electron chi connectivity index (χ0n) is 11.7. The van der Waals surface area contributed by atoms with Crippen LogP contribution in [0.25, 0.3) is 0 Å². The predicted octanol–water partition coefficient (Wildman–Crippen LogP) is 2.04. The highest BCUT2D eigenvalue weighted by Crippen LogP contribution is 2.13. The molecule has 1 aromatic heterocycles. The van der Waals surface area contributed by atoms with Crippen molar-refractivity contribution >= 4 is 11.6 Å². The summed E-state index contributed by atoms with van der Waals surface area (Å²) >= 11 is 0. The van der Waals surface area contributed by atoms with E-state index in [4.69, 9.17) is 0 Å². The first kappa shape index (κ1) is 14.7. The van der Waals surface area contributed by atoms with Gasteiger partial charge in [-0.2, -0.15) is 0 Å². The van der Waals surface area contributed by atoms with Gasteiger partial charge in [-0.25, -0.2) is 9.97 Å². The van der Waals surface area contributed by atoms with E-state index in [1.165, 1.54) is 0 Å². The summed E-state index contributed by atoms with van der Waals surface area (Å²) in [6.07, 6.45) is 1.84. The summed E-state index contributed by atoms with van der Waals surface area (Å²) in [5.74, 6) is 2.39. The van der Waals surface area contributed by atoms with Gasteiger partial charge in [-0.1, -0.05) is 13.8 Å². The van der Waals surface area contributed by atoms with E-state index in [0.29, 0.717) is 6.54 Å². The molecule has 5 heteroatoms. The number of hydrogen-bond acceptors (Lipinski definition) is 5. The molecule has 0 aliphatic rings. The minimum atomic E-state index is -0.756. The first-order valence-corrected chi connectivity index (χ1v) is 6.52. The molecule has 0 spiro atoms. The molecule has 1 rings (SSSR count). The van der Waals surface area contributed by atoms with Gasteiger partial charge in [-0.15, -0.1) is 0 Å². The Bertz CT molecular complexity index is 374. The number of hydrogen-bond donors (Lipinski definition) is 3. The van der Waals surface area contributed by atoms with Crippen molar-refractivity contribution in [2.75, 3.05) is 23.7 Å². The van der Waals surface area contributed by atoms with Gasteiger partial charge < -0.3 is 15.7 Å². The number of aliphatic hydroxyl groups is 1. The fourth-order valence-electron chi connectivity index (χ4n) is 1.40. The molecule has 5 nitrogen and oxygen atoms in total. The second-order valence-corrected chi connectivity index (χ2v) is 5.00. The molecule has 3 N–H and O–H groups in total. The highest BCUT2D eigenvalue weighted by Gasteiger charge is 2.12. The summed E-state index contributed by atoms with van der Waals surface area (Å²) in [6, 6.07) is 1.88. The van der Waals surface area contributed by atoms with E-state index < -0.39 is 5.60 Å². The molecule has 0 saturated heterocycles. The van der Waals surface area contributed by atoms with Crippen molar-refractivity contribution in [3.8, 4) is 0 Å². The monoisotopic (exact) mass is 252 g/mol. The van der Waals surface area contributed by atoms with Crippen LogP contribution in [0.1, 0.15) is 39.9 Å². The Hall–Kier alpha value is -1.36. The molecule has 1 heterocycles. The molecule has 0 atom stereocenters. The summed E-state index contributed by atoms with van der Waals surface area (Å²) in [5.41, 5.74) is -0.756. The summed E-state index contributed by atoms with van der Waals surface area (Å²) in [4.78, 5) is 8.80. The lowest BCUT2D eigenvalue weighted by molar-refractivity contribution is 0.0944. The maximum atomic E-state index is 9.69. The van der Waals surface area contributed by atoms with Gasteiger partial charge in [0.1, 0.15) is 17.5 Å². The maximum absolute atomic E-state index is 9.69. The van der Waals surface area contributed by atoms with Crippen LogP contribution in [0.3, 0.4) is 0 Å². The van der Waals surface area contributed by atoms with Crippen molar-refractivity contribution in [3.63, 3.8) is 0 Å². The predicted molar refractivity (Wildman–Crippen MR) is 75.0 cm³/mol. The number of nitrogens with zero attached hydrogens (tertiary/aromatic N) is 2. The zero-order chi connectivity index (χ0) is 13.6. The standard InChI is InChI=1S/C13H24N4O/c1-5-7-14-11-8-12(15-9-13(3,4)18)17-10(6-2)16-11/h8,18H,5-7,9H2,1-4H3,(H2,14,15,16,17). The summed E-state index contributed by atoms with van der Waals surface area (Å²) in [5, 5.41) is 16.1. The molecular formula is C13H24N4O. The van der Waals surface area contributed by atoms with Crippen LogP contribution in [-0.4, -0.2) is 33.8 Å². The fourth-order valence-corrected chi connectivity index (χ4v) is 1.40. The third kappa shape index (κ3) is 5.31. The third-order valence-electron chi connectivity index (χ3n) is 2.35. The molecule has 102 valence electrons. The van der Waals surface area contributed by atoms with Gasteiger partial charge in [0, 0.05) is 25.6 Å². The Morgan fingerprint density at radius 2 is 1.78 bits per heavy atom. The highest BCUT2D eigenvalue weighted by atomic mass is 16.3. The molecule has 0 amide bonds. The van der Waals surface area contributed by atoms with Gasteiger partial charge in [-0.3, -0.25) is 0 Å². The van der Waals surface area contributed by atoms with Gasteiger partial charge >= 0.3 is 0 Å². The van der Waals surface area contributed by atoms with Crippen LogP contribution < -0.4 is 10.6 Å². The number of aryl methyl sites for hydroxylation is 1. The molecule has 0 radical (unpaired) electrons. The van der Waals surface area contributed by atoms with Gasteiger partial charge in [0.25, 0.3) is 0 Å². The van der Waals surface area contributed by atoms with E-state index >= 15 is 0 Å². The number of nitrogens with one attached hydrogen (secondary N) is 2. The van der Waals surface area contributed by atoms with Crippen LogP contribution in [0.2, 0.25) is 0 Å². The smallest absolute Gasteiger partial charge is 0.132 e. The Kier molecular flexibility index (Phi) is 5.34. The Morgan fingerprint density at radius 3 is 2.28 bits per heavy atom. The molecule has 0 aromatic carbocycles. The third-order valence-corrected chi connectivity index (χ3v) is 2.35. The quantitative estimate of drug-likeness (QED) is 0.693. The molecule has 0 saturated carbocycles. The number of rotatable bonds is 7. The zero-order valence-corrected chi connectivity index (χ0v) is 11.7. The van der Waals surface area contributed by atoms with Gasteiger partial charge in [0.2, 0.25) is 0 Å². The molecule has 0 aliphatic heterocycles. The first-order chi connectivity index (χ1) is 8.44. The first-order valence-electron chi connectivity index (χ1n) is 6.52. The molecule has 1 aromatic rings. The van der Waals surface area contributed by atoms with Gasteiger partial charge in [-0.05, 0) is 20.3 Å². The molecular weight excluding hydrogens is 228 g/mol. The van der Waals surface area contributed by atoms with Crippen LogP contribution in [-0.2, 0) is 6.42 Å². The average molecular weight is 252 g/mol. The van der Waals surface area contributed by atoms with Crippen LogP contribution in [0.15, 0.2) is 6.07 Å². The lowest BCUT2D eigenvalue weighted by Gasteiger charge is -2.18. The molecule has 0 unspecified atom stereocenters. The van der Waals surface area contributed by atoms with E-state index in [1.54, 1.807) is 13.8 Å². The summed E-state index contributed by atoms with van der Waals surface area (Å²) < 4.78 is 0. The number of anilines is 2. The fraction of sp³-hybridized carbons (Fsp3) is 0.692. The maximum Gasteiger partial charge on any atom is 0.132 e. The SMILES string of the molecule is CCCNc1cc(NCC(C)(C)O)nc(CC)n1. The Morgan fingerprint density at radius 1 is 1.17 bits per heavy atom. The van der Waals surface area contributed by atoms with E-state index in [2.05, 4.69) is 27.5 Å². The van der Waals surface area contributed by atoms with Crippen molar-refractivity contribution < 1.29 is 5.11 Å². The normalized spacial score (nSPS) is 11.4. The average Bonchev–Trinajstić information content (AvgIpc) is 2.32. The molecule has 0 fully saturated rings. The van der Waals surface area contributed by atoms with Crippen LogP contribution in [0.4, 0.5) is 11.6 Å². The summed E-state index contributed by atoms with van der Waals surface area (Å²) in [7, 11) is 0. The minimum Gasteiger partial charge on any atom is -0.389 e. The second kappa shape index (κ2) is 6.54. The van der Waals surface area contributed by atoms with Crippen LogP contribution in [0, 0.1) is 0 Å². The molecule has 0 aliphatic carbocycles. The second-order valence-electron chi connectivity index (χ2n) is 5.00. The van der Waals surface area contributed by atoms with Crippen molar-refractivity contribution in [1.29, 1.82) is 0 Å².